The van der Waals surface area contributed by atoms with Crippen molar-refractivity contribution >= 4 is 5.52 Å². The van der Waals surface area contributed by atoms with Crippen LogP contribution in [0.5, 0.6) is 0 Å². The number of aryl methyl sites for hydroxylation is 1. The van der Waals surface area contributed by atoms with E-state index in [0.717, 1.165) is 29.0 Å². The molecule has 5 heteroatoms. The summed E-state index contributed by atoms with van der Waals surface area (Å²) in [5, 5.41) is 0. The number of aromatic nitrogens is 2. The van der Waals surface area contributed by atoms with Crippen LogP contribution >= 0.6 is 0 Å². The van der Waals surface area contributed by atoms with Crippen molar-refractivity contribution in [3.05, 3.63) is 59.9 Å². The summed E-state index contributed by atoms with van der Waals surface area (Å²) in [6.07, 6.45) is 4.17. The minimum absolute atomic E-state index is 0.0660. The molecule has 29 heavy (non-hydrogen) atoms. The van der Waals surface area contributed by atoms with E-state index in [2.05, 4.69) is 53.5 Å². The van der Waals surface area contributed by atoms with E-state index in [1.807, 2.05) is 18.3 Å². The van der Waals surface area contributed by atoms with Crippen LogP contribution in [-0.4, -0.2) is 33.3 Å². The van der Waals surface area contributed by atoms with Crippen molar-refractivity contribution < 1.29 is 8.78 Å². The number of benzene rings is 1. The van der Waals surface area contributed by atoms with Crippen LogP contribution in [0.4, 0.5) is 8.78 Å². The molecule has 0 unspecified atom stereocenters. The summed E-state index contributed by atoms with van der Waals surface area (Å²) in [7, 11) is 0. The summed E-state index contributed by atoms with van der Waals surface area (Å²) in [5.41, 5.74) is 4.42. The van der Waals surface area contributed by atoms with Crippen LogP contribution in [-0.2, 0) is 13.0 Å². The fourth-order valence-corrected chi connectivity index (χ4v) is 3.95. The van der Waals surface area contributed by atoms with Gasteiger partial charge in [-0.2, -0.15) is 0 Å². The van der Waals surface area contributed by atoms with Gasteiger partial charge in [-0.15, -0.1) is 0 Å². The zero-order valence-electron chi connectivity index (χ0n) is 17.2. The molecule has 3 heterocycles. The summed E-state index contributed by atoms with van der Waals surface area (Å²) in [6, 6.07) is 14.7. The third kappa shape index (κ3) is 4.67. The number of rotatable bonds is 6. The molecule has 0 atom stereocenters. The van der Waals surface area contributed by atoms with Crippen LogP contribution in [0.1, 0.15) is 44.4 Å². The predicted molar refractivity (Wildman–Crippen MR) is 113 cm³/mol. The molecule has 0 aliphatic carbocycles. The summed E-state index contributed by atoms with van der Waals surface area (Å²) >= 11 is 0. The molecule has 3 nitrogen and oxygen atoms in total. The summed E-state index contributed by atoms with van der Waals surface area (Å²) < 4.78 is 29.1. The second-order valence-electron chi connectivity index (χ2n) is 8.60. The van der Waals surface area contributed by atoms with E-state index in [0.29, 0.717) is 25.6 Å². The van der Waals surface area contributed by atoms with Gasteiger partial charge in [0, 0.05) is 44.2 Å². The van der Waals surface area contributed by atoms with Crippen molar-refractivity contribution in [3.63, 3.8) is 0 Å². The Balaban J connectivity index is 1.58. The normalized spacial score (nSPS) is 17.3. The van der Waals surface area contributed by atoms with Gasteiger partial charge in [-0.25, -0.2) is 13.8 Å². The zero-order valence-corrected chi connectivity index (χ0v) is 17.2. The number of fused-ring (bicyclic) bond motifs is 1. The van der Waals surface area contributed by atoms with Gasteiger partial charge in [0.2, 0.25) is 0 Å². The van der Waals surface area contributed by atoms with Gasteiger partial charge in [-0.1, -0.05) is 44.2 Å². The number of pyridine rings is 1. The first-order valence-corrected chi connectivity index (χ1v) is 10.6. The summed E-state index contributed by atoms with van der Waals surface area (Å²) in [4.78, 5) is 7.02. The van der Waals surface area contributed by atoms with Crippen LogP contribution in [0.2, 0.25) is 0 Å². The largest absolute Gasteiger partial charge is 0.299 e. The number of imidazole rings is 1. The third-order valence-corrected chi connectivity index (χ3v) is 5.81. The van der Waals surface area contributed by atoms with Gasteiger partial charge in [-0.05, 0) is 36.5 Å². The monoisotopic (exact) mass is 397 g/mol. The Morgan fingerprint density at radius 1 is 1.03 bits per heavy atom. The SMILES string of the molecule is CC(C)CCc1ccc(-c2nc(CN3CCC(F)(F)CC3)c3ccccn23)cc1. The second kappa shape index (κ2) is 8.23. The van der Waals surface area contributed by atoms with E-state index in [1.165, 1.54) is 12.0 Å². The Hall–Kier alpha value is -2.27. The summed E-state index contributed by atoms with van der Waals surface area (Å²) in [5.74, 6) is -0.911. The molecule has 1 aliphatic heterocycles. The highest BCUT2D eigenvalue weighted by Crippen LogP contribution is 2.30. The lowest BCUT2D eigenvalue weighted by Crippen LogP contribution is -2.38. The van der Waals surface area contributed by atoms with Gasteiger partial charge in [0.25, 0.3) is 5.92 Å². The maximum absolute atomic E-state index is 13.5. The number of alkyl halides is 2. The lowest BCUT2D eigenvalue weighted by molar-refractivity contribution is -0.0567. The third-order valence-electron chi connectivity index (χ3n) is 5.81. The molecule has 0 saturated carbocycles. The molecule has 2 aromatic heterocycles. The molecule has 0 radical (unpaired) electrons. The molecule has 3 aromatic rings. The van der Waals surface area contributed by atoms with E-state index < -0.39 is 5.92 Å². The van der Waals surface area contributed by atoms with Crippen LogP contribution in [0.3, 0.4) is 0 Å². The molecule has 0 bridgehead atoms. The van der Waals surface area contributed by atoms with Gasteiger partial charge >= 0.3 is 0 Å². The van der Waals surface area contributed by atoms with Crippen molar-refractivity contribution in [1.82, 2.24) is 14.3 Å². The van der Waals surface area contributed by atoms with Gasteiger partial charge < -0.3 is 0 Å². The van der Waals surface area contributed by atoms with Gasteiger partial charge in [0.1, 0.15) is 5.82 Å². The first-order chi connectivity index (χ1) is 13.9. The number of piperidine rings is 1. The maximum Gasteiger partial charge on any atom is 0.250 e. The van der Waals surface area contributed by atoms with E-state index in [1.54, 1.807) is 0 Å². The van der Waals surface area contributed by atoms with E-state index in [9.17, 15) is 8.78 Å². The number of likely N-dealkylation sites (tertiary alicyclic amines) is 1. The second-order valence-corrected chi connectivity index (χ2v) is 8.60. The summed E-state index contributed by atoms with van der Waals surface area (Å²) in [6.45, 7) is 5.93. The molecule has 1 aromatic carbocycles. The van der Waals surface area contributed by atoms with Crippen LogP contribution in [0, 0.1) is 5.92 Å². The van der Waals surface area contributed by atoms with E-state index >= 15 is 0 Å². The number of nitrogens with zero attached hydrogens (tertiary/aromatic N) is 3. The Bertz CT molecular complexity index is 950. The molecule has 0 N–H and O–H groups in total. The van der Waals surface area contributed by atoms with E-state index in [4.69, 9.17) is 4.98 Å². The highest BCUT2D eigenvalue weighted by Gasteiger charge is 2.34. The highest BCUT2D eigenvalue weighted by atomic mass is 19.3. The lowest BCUT2D eigenvalue weighted by atomic mass is 10.0. The number of hydrogen-bond donors (Lipinski definition) is 0. The molecule has 1 saturated heterocycles. The number of hydrogen-bond acceptors (Lipinski definition) is 2. The molecule has 0 amide bonds. The smallest absolute Gasteiger partial charge is 0.250 e. The predicted octanol–water partition coefficient (Wildman–Crippen LogP) is 5.82. The van der Waals surface area contributed by atoms with Crippen molar-refractivity contribution in [2.75, 3.05) is 13.1 Å². The molecule has 154 valence electrons. The zero-order chi connectivity index (χ0) is 20.4. The molecule has 1 aliphatic rings. The quantitative estimate of drug-likeness (QED) is 0.522. The Morgan fingerprint density at radius 3 is 2.45 bits per heavy atom. The van der Waals surface area contributed by atoms with Gasteiger partial charge in [-0.3, -0.25) is 9.30 Å². The van der Waals surface area contributed by atoms with Crippen molar-refractivity contribution in [3.8, 4) is 11.4 Å². The van der Waals surface area contributed by atoms with E-state index in [-0.39, 0.29) is 12.8 Å². The lowest BCUT2D eigenvalue weighted by Gasteiger charge is -2.31. The van der Waals surface area contributed by atoms with Crippen molar-refractivity contribution in [2.24, 2.45) is 5.92 Å². The maximum atomic E-state index is 13.5. The van der Waals surface area contributed by atoms with Crippen LogP contribution in [0.15, 0.2) is 48.7 Å². The average Bonchev–Trinajstić information content (AvgIpc) is 3.07. The van der Waals surface area contributed by atoms with Crippen LogP contribution < -0.4 is 0 Å². The fraction of sp³-hybridized carbons (Fsp3) is 0.458. The van der Waals surface area contributed by atoms with Crippen molar-refractivity contribution in [2.45, 2.75) is 52.0 Å². The standard InChI is InChI=1S/C24H29F2N3/c1-18(2)6-7-19-8-10-20(11-9-19)23-27-21(22-5-3-4-14-29(22)23)17-28-15-12-24(25,26)13-16-28/h3-5,8-11,14,18H,6-7,12-13,15-17H2,1-2H3. The minimum Gasteiger partial charge on any atom is -0.299 e. The highest BCUT2D eigenvalue weighted by molar-refractivity contribution is 5.65. The fourth-order valence-electron chi connectivity index (χ4n) is 3.95. The molecule has 1 fully saturated rings. The first kappa shape index (κ1) is 20.0. The van der Waals surface area contributed by atoms with Crippen molar-refractivity contribution in [1.29, 1.82) is 0 Å². The molecule has 0 spiro atoms. The van der Waals surface area contributed by atoms with Gasteiger partial charge in [0.15, 0.2) is 0 Å². The Kier molecular flexibility index (Phi) is 5.68. The Morgan fingerprint density at radius 2 is 1.76 bits per heavy atom. The molecule has 4 rings (SSSR count). The minimum atomic E-state index is -2.52. The first-order valence-electron chi connectivity index (χ1n) is 10.6. The topological polar surface area (TPSA) is 20.5 Å². The van der Waals surface area contributed by atoms with Crippen LogP contribution in [0.25, 0.3) is 16.9 Å². The average molecular weight is 398 g/mol. The number of halogens is 2. The molecular weight excluding hydrogens is 368 g/mol. The Labute approximate surface area is 171 Å². The van der Waals surface area contributed by atoms with Gasteiger partial charge in [0.05, 0.1) is 11.2 Å². The molecular formula is C24H29F2N3.